The van der Waals surface area contributed by atoms with E-state index in [4.69, 9.17) is 0 Å². The molecule has 3 amide bonds. The predicted molar refractivity (Wildman–Crippen MR) is 139 cm³/mol. The molecule has 1 aromatic carbocycles. The fourth-order valence-electron chi connectivity index (χ4n) is 4.51. The first-order valence-corrected chi connectivity index (χ1v) is 14.5. The molecule has 0 aliphatic carbocycles. The van der Waals surface area contributed by atoms with Crippen LogP contribution in [0.3, 0.4) is 0 Å². The molecule has 15 heteroatoms. The van der Waals surface area contributed by atoms with Crippen molar-refractivity contribution in [2.75, 3.05) is 29.6 Å². The Hall–Kier alpha value is -3.72. The van der Waals surface area contributed by atoms with Crippen LogP contribution in [0.2, 0.25) is 0 Å². The van der Waals surface area contributed by atoms with Crippen molar-refractivity contribution in [1.29, 1.82) is 0 Å². The molecule has 1 atom stereocenters. The lowest BCUT2D eigenvalue weighted by Gasteiger charge is -2.26. The third-order valence-electron chi connectivity index (χ3n) is 6.50. The van der Waals surface area contributed by atoms with E-state index in [9.17, 15) is 31.2 Å². The monoisotopic (exact) mass is 580 g/mol. The Bertz CT molecular complexity index is 1610. The maximum absolute atomic E-state index is 13.4. The molecule has 1 unspecified atom stereocenters. The lowest BCUT2D eigenvalue weighted by atomic mass is 10.0. The summed E-state index contributed by atoms with van der Waals surface area (Å²) < 4.78 is 65.4. The van der Waals surface area contributed by atoms with Crippen molar-refractivity contribution in [3.63, 3.8) is 0 Å². The number of anilines is 3. The molecule has 0 spiro atoms. The number of fused-ring (bicyclic) bond motifs is 1. The number of thiazole rings is 1. The van der Waals surface area contributed by atoms with Gasteiger partial charge in [-0.05, 0) is 49.2 Å². The number of pyridine rings is 1. The number of rotatable bonds is 6. The normalized spacial score (nSPS) is 16.5. The molecule has 206 valence electrons. The quantitative estimate of drug-likeness (QED) is 0.450. The number of aromatic nitrogens is 2. The summed E-state index contributed by atoms with van der Waals surface area (Å²) in [6.45, 7) is 3.22. The number of carbonyl (C=O) groups excluding carboxylic acids is 2. The minimum absolute atomic E-state index is 0.203. The summed E-state index contributed by atoms with van der Waals surface area (Å²) in [7, 11) is -3.96. The van der Waals surface area contributed by atoms with E-state index in [-0.39, 0.29) is 28.6 Å². The number of urea groups is 1. The first-order valence-electron chi connectivity index (χ1n) is 11.8. The van der Waals surface area contributed by atoms with Gasteiger partial charge in [-0.2, -0.15) is 13.2 Å². The van der Waals surface area contributed by atoms with Crippen LogP contribution in [0.1, 0.15) is 28.5 Å². The number of hydrogen-bond donors (Lipinski definition) is 2. The minimum atomic E-state index is -4.66. The molecule has 0 bridgehead atoms. The summed E-state index contributed by atoms with van der Waals surface area (Å²) in [5.41, 5.74) is 0.934. The SMILES string of the molecule is Cc1nc(Nc2cccc(N3CCNC3=O)n2)sc1-c1cc2c(c(S(C)(=O)=O)c1)C(=O)N(C(C)C(F)(F)F)C2. The smallest absolute Gasteiger partial charge is 0.336 e. The van der Waals surface area contributed by atoms with Crippen LogP contribution < -0.4 is 15.5 Å². The van der Waals surface area contributed by atoms with E-state index in [2.05, 4.69) is 20.6 Å². The second kappa shape index (κ2) is 9.48. The molecule has 2 aromatic heterocycles. The van der Waals surface area contributed by atoms with Crippen molar-refractivity contribution in [2.45, 2.75) is 37.5 Å². The van der Waals surface area contributed by atoms with Crippen molar-refractivity contribution in [2.24, 2.45) is 0 Å². The third kappa shape index (κ3) is 5.03. The zero-order valence-electron chi connectivity index (χ0n) is 21.0. The molecule has 2 aliphatic rings. The van der Waals surface area contributed by atoms with E-state index in [1.165, 1.54) is 22.3 Å². The van der Waals surface area contributed by atoms with E-state index >= 15 is 0 Å². The molecule has 0 saturated carbocycles. The third-order valence-corrected chi connectivity index (χ3v) is 8.74. The topological polar surface area (TPSA) is 125 Å². The number of nitrogens with one attached hydrogen (secondary N) is 2. The second-order valence-electron chi connectivity index (χ2n) is 9.25. The Morgan fingerprint density at radius 2 is 1.92 bits per heavy atom. The van der Waals surface area contributed by atoms with Crippen LogP contribution in [-0.4, -0.2) is 66.8 Å². The standard InChI is InChI=1S/C24H23F3N6O4S2/c1-12-20(38-22(29-12)31-17-5-4-6-18(30-17)32-8-7-28-23(32)35)14-9-15-11-33(13(2)24(25,26)27)21(34)19(15)16(10-14)39(3,36)37/h4-6,9-10,13H,7-8,11H2,1-3H3,(H,28,35)(H,29,30,31). The van der Waals surface area contributed by atoms with Gasteiger partial charge in [0.1, 0.15) is 17.7 Å². The molecule has 1 saturated heterocycles. The highest BCUT2D eigenvalue weighted by atomic mass is 32.2. The van der Waals surface area contributed by atoms with Gasteiger partial charge in [-0.3, -0.25) is 9.69 Å². The van der Waals surface area contributed by atoms with Crippen LogP contribution in [0.5, 0.6) is 0 Å². The van der Waals surface area contributed by atoms with Crippen LogP contribution in [-0.2, 0) is 16.4 Å². The van der Waals surface area contributed by atoms with Gasteiger partial charge in [-0.1, -0.05) is 17.4 Å². The van der Waals surface area contributed by atoms with Crippen molar-refractivity contribution < 1.29 is 31.2 Å². The van der Waals surface area contributed by atoms with E-state index < -0.39 is 28.0 Å². The van der Waals surface area contributed by atoms with Crippen LogP contribution in [0.25, 0.3) is 10.4 Å². The summed E-state index contributed by atoms with van der Waals surface area (Å²) in [6, 6.07) is 5.67. The highest BCUT2D eigenvalue weighted by Gasteiger charge is 2.46. The number of benzene rings is 1. The molecule has 1 fully saturated rings. The van der Waals surface area contributed by atoms with Gasteiger partial charge < -0.3 is 15.5 Å². The highest BCUT2D eigenvalue weighted by molar-refractivity contribution is 7.90. The van der Waals surface area contributed by atoms with Crippen LogP contribution >= 0.6 is 11.3 Å². The Kier molecular flexibility index (Phi) is 6.53. The Labute approximate surface area is 225 Å². The number of hydrogen-bond acceptors (Lipinski definition) is 8. The predicted octanol–water partition coefficient (Wildman–Crippen LogP) is 4.10. The number of carbonyl (C=O) groups is 2. The number of nitrogens with zero attached hydrogens (tertiary/aromatic N) is 4. The largest absolute Gasteiger partial charge is 0.408 e. The van der Waals surface area contributed by atoms with Gasteiger partial charge in [-0.15, -0.1) is 0 Å². The summed E-state index contributed by atoms with van der Waals surface area (Å²) in [5, 5.41) is 6.23. The van der Waals surface area contributed by atoms with E-state index in [0.717, 1.165) is 13.2 Å². The van der Waals surface area contributed by atoms with Gasteiger partial charge in [0.25, 0.3) is 5.91 Å². The molecule has 5 rings (SSSR count). The Morgan fingerprint density at radius 1 is 1.18 bits per heavy atom. The molecular weight excluding hydrogens is 557 g/mol. The number of sulfone groups is 1. The summed E-state index contributed by atoms with van der Waals surface area (Å²) in [6.07, 6.45) is -3.74. The summed E-state index contributed by atoms with van der Waals surface area (Å²) in [4.78, 5) is 36.3. The zero-order valence-corrected chi connectivity index (χ0v) is 22.6. The lowest BCUT2D eigenvalue weighted by molar-refractivity contribution is -0.172. The first kappa shape index (κ1) is 26.9. The maximum Gasteiger partial charge on any atom is 0.408 e. The molecule has 39 heavy (non-hydrogen) atoms. The van der Waals surface area contributed by atoms with Crippen molar-refractivity contribution in [3.8, 4) is 10.4 Å². The Morgan fingerprint density at radius 3 is 2.56 bits per heavy atom. The lowest BCUT2D eigenvalue weighted by Crippen LogP contribution is -2.43. The van der Waals surface area contributed by atoms with E-state index in [1.807, 2.05) is 0 Å². The molecule has 10 nitrogen and oxygen atoms in total. The molecule has 2 N–H and O–H groups in total. The fraction of sp³-hybridized carbons (Fsp3) is 0.333. The average Bonchev–Trinajstić information content (AvgIpc) is 3.53. The highest BCUT2D eigenvalue weighted by Crippen LogP contribution is 2.40. The number of alkyl halides is 3. The van der Waals surface area contributed by atoms with Crippen LogP contribution in [0.4, 0.5) is 34.7 Å². The van der Waals surface area contributed by atoms with Crippen LogP contribution in [0.15, 0.2) is 35.2 Å². The van der Waals surface area contributed by atoms with Gasteiger partial charge in [0.2, 0.25) is 0 Å². The summed E-state index contributed by atoms with van der Waals surface area (Å²) in [5.74, 6) is -0.0781. The summed E-state index contributed by atoms with van der Waals surface area (Å²) >= 11 is 1.19. The van der Waals surface area contributed by atoms with E-state index in [1.54, 1.807) is 31.2 Å². The van der Waals surface area contributed by atoms with Gasteiger partial charge >= 0.3 is 12.2 Å². The molecule has 3 aromatic rings. The second-order valence-corrected chi connectivity index (χ2v) is 12.2. The number of halogens is 3. The molecule has 0 radical (unpaired) electrons. The van der Waals surface area contributed by atoms with Crippen molar-refractivity contribution >= 4 is 49.9 Å². The number of aryl methyl sites for hydroxylation is 1. The minimum Gasteiger partial charge on any atom is -0.336 e. The van der Waals surface area contributed by atoms with Gasteiger partial charge in [0, 0.05) is 25.9 Å². The van der Waals surface area contributed by atoms with Crippen LogP contribution in [0, 0.1) is 6.92 Å². The van der Waals surface area contributed by atoms with Gasteiger partial charge in [-0.25, -0.2) is 23.2 Å². The Balaban J connectivity index is 1.49. The van der Waals surface area contributed by atoms with Crippen molar-refractivity contribution in [3.05, 3.63) is 47.2 Å². The first-order chi connectivity index (χ1) is 18.2. The fourth-order valence-corrected chi connectivity index (χ4v) is 6.40. The van der Waals surface area contributed by atoms with Crippen molar-refractivity contribution in [1.82, 2.24) is 20.2 Å². The zero-order chi connectivity index (χ0) is 28.3. The van der Waals surface area contributed by atoms with E-state index in [0.29, 0.717) is 50.9 Å². The molecular formula is C24H23F3N6O4S2. The maximum atomic E-state index is 13.4. The average molecular weight is 581 g/mol. The molecule has 2 aliphatic heterocycles. The molecule has 4 heterocycles. The van der Waals surface area contributed by atoms with Gasteiger partial charge in [0.15, 0.2) is 15.0 Å². The van der Waals surface area contributed by atoms with Gasteiger partial charge in [0.05, 0.1) is 21.0 Å². The number of amides is 3.